The standard InChI is InChI=1S/C17H8Cl2FN3OS/c18-12-2-1-3-13(19)11(12)8-14-16(24)23-17(25-14)21-15(22-23)9-4-6-10(20)7-5-9/h1-8H/b14-8+. The topological polar surface area (TPSA) is 47.3 Å². The Bertz CT molecular complexity index is 1180. The predicted molar refractivity (Wildman–Crippen MR) is 97.8 cm³/mol. The molecular weight excluding hydrogens is 384 g/mol. The second-order valence-corrected chi connectivity index (χ2v) is 7.01. The molecule has 4 rings (SSSR count). The Hall–Kier alpha value is -2.28. The van der Waals surface area contributed by atoms with Crippen LogP contribution in [0.5, 0.6) is 0 Å². The van der Waals surface area contributed by atoms with Crippen molar-refractivity contribution in [2.45, 2.75) is 0 Å². The van der Waals surface area contributed by atoms with E-state index in [0.717, 1.165) is 0 Å². The molecule has 8 heteroatoms. The number of benzene rings is 2. The number of rotatable bonds is 2. The van der Waals surface area contributed by atoms with Crippen LogP contribution in [0.1, 0.15) is 5.56 Å². The minimum Gasteiger partial charge on any atom is -0.266 e. The van der Waals surface area contributed by atoms with Gasteiger partial charge in [-0.05, 0) is 42.5 Å². The third-order valence-electron chi connectivity index (χ3n) is 3.56. The molecule has 0 amide bonds. The van der Waals surface area contributed by atoms with Gasteiger partial charge >= 0.3 is 0 Å². The van der Waals surface area contributed by atoms with Gasteiger partial charge in [0.05, 0.1) is 4.53 Å². The number of aromatic nitrogens is 3. The molecule has 4 nitrogen and oxygen atoms in total. The summed E-state index contributed by atoms with van der Waals surface area (Å²) in [6.45, 7) is 0. The second-order valence-electron chi connectivity index (χ2n) is 5.19. The molecule has 0 N–H and O–H groups in total. The molecule has 0 bridgehead atoms. The molecule has 0 aliphatic heterocycles. The molecule has 0 aliphatic rings. The number of hydrogen-bond donors (Lipinski definition) is 0. The highest BCUT2D eigenvalue weighted by Gasteiger charge is 2.13. The van der Waals surface area contributed by atoms with Crippen LogP contribution in [0, 0.1) is 5.82 Å². The van der Waals surface area contributed by atoms with E-state index in [1.54, 1.807) is 36.4 Å². The van der Waals surface area contributed by atoms with Gasteiger partial charge in [0.25, 0.3) is 5.56 Å². The van der Waals surface area contributed by atoms with Crippen molar-refractivity contribution in [3.8, 4) is 11.4 Å². The molecule has 2 aromatic carbocycles. The van der Waals surface area contributed by atoms with Crippen molar-refractivity contribution in [1.29, 1.82) is 0 Å². The van der Waals surface area contributed by atoms with Gasteiger partial charge in [0.15, 0.2) is 5.82 Å². The Morgan fingerprint density at radius 3 is 2.40 bits per heavy atom. The molecule has 4 aromatic rings. The van der Waals surface area contributed by atoms with E-state index in [1.807, 2.05) is 0 Å². The van der Waals surface area contributed by atoms with E-state index in [1.165, 1.54) is 28.0 Å². The third kappa shape index (κ3) is 2.93. The summed E-state index contributed by atoms with van der Waals surface area (Å²) in [5.41, 5.74) is 0.902. The van der Waals surface area contributed by atoms with Crippen molar-refractivity contribution in [1.82, 2.24) is 14.6 Å². The highest BCUT2D eigenvalue weighted by molar-refractivity contribution is 7.15. The Morgan fingerprint density at radius 2 is 1.76 bits per heavy atom. The Balaban J connectivity index is 1.85. The summed E-state index contributed by atoms with van der Waals surface area (Å²) in [5.74, 6) is 0.0217. The van der Waals surface area contributed by atoms with E-state index in [9.17, 15) is 9.18 Å². The van der Waals surface area contributed by atoms with Crippen molar-refractivity contribution < 1.29 is 4.39 Å². The molecular formula is C17H8Cl2FN3OS. The highest BCUT2D eigenvalue weighted by atomic mass is 35.5. The summed E-state index contributed by atoms with van der Waals surface area (Å²) >= 11 is 13.5. The fourth-order valence-electron chi connectivity index (χ4n) is 2.33. The van der Waals surface area contributed by atoms with Crippen molar-refractivity contribution in [3.63, 3.8) is 0 Å². The van der Waals surface area contributed by atoms with Crippen LogP contribution < -0.4 is 10.1 Å². The average Bonchev–Trinajstić information content (AvgIpc) is 3.12. The van der Waals surface area contributed by atoms with Crippen LogP contribution in [0.25, 0.3) is 22.4 Å². The summed E-state index contributed by atoms with van der Waals surface area (Å²) in [6, 6.07) is 10.9. The molecule has 2 heterocycles. The summed E-state index contributed by atoms with van der Waals surface area (Å²) in [7, 11) is 0. The first-order chi connectivity index (χ1) is 12.0. The molecule has 0 fully saturated rings. The fraction of sp³-hybridized carbons (Fsp3) is 0. The van der Waals surface area contributed by atoms with E-state index in [2.05, 4.69) is 10.1 Å². The van der Waals surface area contributed by atoms with Crippen LogP contribution in [-0.2, 0) is 0 Å². The van der Waals surface area contributed by atoms with Gasteiger partial charge in [-0.2, -0.15) is 9.50 Å². The van der Waals surface area contributed by atoms with Gasteiger partial charge in [-0.15, -0.1) is 5.10 Å². The molecule has 0 saturated heterocycles. The SMILES string of the molecule is O=c1/c(=C\c2c(Cl)cccc2Cl)sc2nc(-c3ccc(F)cc3)nn12. The maximum Gasteiger partial charge on any atom is 0.291 e. The van der Waals surface area contributed by atoms with Crippen molar-refractivity contribution >= 4 is 45.6 Å². The van der Waals surface area contributed by atoms with Crippen LogP contribution in [0.4, 0.5) is 4.39 Å². The summed E-state index contributed by atoms with van der Waals surface area (Å²) in [6.07, 6.45) is 1.63. The zero-order valence-corrected chi connectivity index (χ0v) is 14.7. The van der Waals surface area contributed by atoms with E-state index >= 15 is 0 Å². The van der Waals surface area contributed by atoms with Gasteiger partial charge in [-0.3, -0.25) is 4.79 Å². The quantitative estimate of drug-likeness (QED) is 0.521. The fourth-order valence-corrected chi connectivity index (χ4v) is 3.73. The van der Waals surface area contributed by atoms with Gasteiger partial charge in [0.2, 0.25) is 4.96 Å². The van der Waals surface area contributed by atoms with Crippen molar-refractivity contribution in [2.24, 2.45) is 0 Å². The number of thiazole rings is 1. The van der Waals surface area contributed by atoms with Gasteiger partial charge in [0.1, 0.15) is 5.82 Å². The van der Waals surface area contributed by atoms with Crippen molar-refractivity contribution in [3.05, 3.63) is 78.8 Å². The third-order valence-corrected chi connectivity index (χ3v) is 5.18. The minimum absolute atomic E-state index is 0.308. The molecule has 0 unspecified atom stereocenters. The molecule has 25 heavy (non-hydrogen) atoms. The zero-order chi connectivity index (χ0) is 17.6. The highest BCUT2D eigenvalue weighted by Crippen LogP contribution is 2.25. The first-order valence-corrected chi connectivity index (χ1v) is 8.71. The Morgan fingerprint density at radius 1 is 1.08 bits per heavy atom. The van der Waals surface area contributed by atoms with Crippen LogP contribution in [-0.4, -0.2) is 14.6 Å². The molecule has 0 aliphatic carbocycles. The first-order valence-electron chi connectivity index (χ1n) is 7.14. The number of hydrogen-bond acceptors (Lipinski definition) is 4. The lowest BCUT2D eigenvalue weighted by atomic mass is 10.2. The lowest BCUT2D eigenvalue weighted by molar-refractivity contribution is 0.628. The zero-order valence-electron chi connectivity index (χ0n) is 12.4. The molecule has 0 atom stereocenters. The first kappa shape index (κ1) is 16.2. The normalized spacial score (nSPS) is 12.2. The van der Waals surface area contributed by atoms with E-state index in [-0.39, 0.29) is 11.4 Å². The average molecular weight is 392 g/mol. The molecule has 124 valence electrons. The van der Waals surface area contributed by atoms with Crippen LogP contribution in [0.2, 0.25) is 10.0 Å². The van der Waals surface area contributed by atoms with Gasteiger partial charge in [-0.25, -0.2) is 4.39 Å². The molecule has 0 radical (unpaired) electrons. The molecule has 0 spiro atoms. The lowest BCUT2D eigenvalue weighted by Crippen LogP contribution is -2.23. The predicted octanol–water partition coefficient (Wildman–Crippen LogP) is 3.81. The monoisotopic (exact) mass is 391 g/mol. The van der Waals surface area contributed by atoms with Crippen LogP contribution >= 0.6 is 34.5 Å². The van der Waals surface area contributed by atoms with Gasteiger partial charge in [0, 0.05) is 21.2 Å². The smallest absolute Gasteiger partial charge is 0.266 e. The van der Waals surface area contributed by atoms with Gasteiger partial charge < -0.3 is 0 Å². The Kier molecular flexibility index (Phi) is 4.03. The summed E-state index contributed by atoms with van der Waals surface area (Å²) < 4.78 is 14.7. The van der Waals surface area contributed by atoms with Crippen molar-refractivity contribution in [2.75, 3.05) is 0 Å². The second kappa shape index (κ2) is 6.22. The van der Waals surface area contributed by atoms with E-state index in [0.29, 0.717) is 36.5 Å². The van der Waals surface area contributed by atoms with Gasteiger partial charge in [-0.1, -0.05) is 40.6 Å². The number of halogens is 3. The van der Waals surface area contributed by atoms with E-state index in [4.69, 9.17) is 23.2 Å². The molecule has 0 saturated carbocycles. The van der Waals surface area contributed by atoms with Crippen LogP contribution in [0.3, 0.4) is 0 Å². The molecule has 2 aromatic heterocycles. The Labute approximate surface area is 154 Å². The minimum atomic E-state index is -0.345. The maximum atomic E-state index is 13.0. The van der Waals surface area contributed by atoms with E-state index < -0.39 is 0 Å². The maximum absolute atomic E-state index is 13.0. The van der Waals surface area contributed by atoms with Crippen LogP contribution in [0.15, 0.2) is 47.3 Å². The summed E-state index contributed by atoms with van der Waals surface area (Å²) in [4.78, 5) is 17.3. The largest absolute Gasteiger partial charge is 0.291 e. The number of nitrogens with zero attached hydrogens (tertiary/aromatic N) is 3. The lowest BCUT2D eigenvalue weighted by Gasteiger charge is -1.99. The number of fused-ring (bicyclic) bond motifs is 1. The summed E-state index contributed by atoms with van der Waals surface area (Å²) in [5, 5.41) is 5.13.